The second-order valence-corrected chi connectivity index (χ2v) is 9.49. The number of aryl methyl sites for hydroxylation is 2. The van der Waals surface area contributed by atoms with Crippen LogP contribution in [0.1, 0.15) is 36.5 Å². The van der Waals surface area contributed by atoms with E-state index in [1.807, 2.05) is 54.6 Å². The lowest BCUT2D eigenvalue weighted by Gasteiger charge is -2.04. The number of nitrogens with one attached hydrogen (secondary N) is 1. The van der Waals surface area contributed by atoms with Gasteiger partial charge in [0.05, 0.1) is 23.8 Å². The molecule has 0 spiro atoms. The lowest BCUT2D eigenvalue weighted by Crippen LogP contribution is -2.27. The van der Waals surface area contributed by atoms with Crippen LogP contribution < -0.4 is 10.5 Å². The third-order valence-electron chi connectivity index (χ3n) is 6.68. The van der Waals surface area contributed by atoms with E-state index >= 15 is 0 Å². The number of aromatic amines is 1. The van der Waals surface area contributed by atoms with Crippen molar-refractivity contribution in [3.63, 3.8) is 0 Å². The zero-order valence-electron chi connectivity index (χ0n) is 20.8. The summed E-state index contributed by atoms with van der Waals surface area (Å²) in [4.78, 5) is 26.7. The van der Waals surface area contributed by atoms with E-state index in [-0.39, 0.29) is 5.56 Å². The zero-order valence-corrected chi connectivity index (χ0v) is 20.8. The Morgan fingerprint density at radius 2 is 1.62 bits per heavy atom. The fourth-order valence-electron chi connectivity index (χ4n) is 4.57. The molecule has 0 fully saturated rings. The molecule has 0 amide bonds. The molecule has 6 rings (SSSR count). The van der Waals surface area contributed by atoms with E-state index in [0.29, 0.717) is 34.7 Å². The summed E-state index contributed by atoms with van der Waals surface area (Å²) in [6.07, 6.45) is 4.25. The molecule has 0 saturated heterocycles. The number of aromatic nitrogens is 5. The minimum absolute atomic E-state index is 0.116. The fourth-order valence-corrected chi connectivity index (χ4v) is 4.57. The summed E-state index contributed by atoms with van der Waals surface area (Å²) >= 11 is 0. The standard InChI is InChI=1S/C30H26N6O/c1-20(2)23-14-12-22(13-15-23)18-32-36-28-26(27-29(36)34-25-11-7-6-10-24(25)33-27)30(37)35(19-31-28)17-16-21-8-4-3-5-9-21/h3-15,18-20H,16-17H2,1-2H3/p+1. The molecule has 7 heteroatoms. The van der Waals surface area contributed by atoms with E-state index in [4.69, 9.17) is 15.1 Å². The summed E-state index contributed by atoms with van der Waals surface area (Å²) in [5.41, 5.74) is 6.43. The molecule has 0 unspecified atom stereocenters. The first-order valence-electron chi connectivity index (χ1n) is 12.5. The van der Waals surface area contributed by atoms with Gasteiger partial charge in [-0.2, -0.15) is 0 Å². The number of fused-ring (bicyclic) bond motifs is 4. The van der Waals surface area contributed by atoms with Crippen molar-refractivity contribution in [2.45, 2.75) is 32.7 Å². The summed E-state index contributed by atoms with van der Waals surface area (Å²) < 4.78 is 3.38. The van der Waals surface area contributed by atoms with Gasteiger partial charge in [0.1, 0.15) is 5.52 Å². The third-order valence-corrected chi connectivity index (χ3v) is 6.68. The zero-order chi connectivity index (χ0) is 25.4. The monoisotopic (exact) mass is 487 g/mol. The molecule has 182 valence electrons. The predicted molar refractivity (Wildman–Crippen MR) is 147 cm³/mol. The Hall–Kier alpha value is -4.65. The van der Waals surface area contributed by atoms with Crippen LogP contribution in [0.3, 0.4) is 0 Å². The van der Waals surface area contributed by atoms with Crippen LogP contribution in [0.2, 0.25) is 0 Å². The average molecular weight is 488 g/mol. The van der Waals surface area contributed by atoms with Gasteiger partial charge in [0.25, 0.3) is 5.65 Å². The summed E-state index contributed by atoms with van der Waals surface area (Å²) in [5.74, 6) is 0.463. The minimum Gasteiger partial charge on any atom is -0.250 e. The number of hydrogen-bond acceptors (Lipinski definition) is 4. The summed E-state index contributed by atoms with van der Waals surface area (Å²) in [6, 6.07) is 26.2. The number of nitrogens with zero attached hydrogens (tertiary/aromatic N) is 5. The molecule has 7 nitrogen and oxygen atoms in total. The van der Waals surface area contributed by atoms with E-state index in [9.17, 15) is 4.79 Å². The molecular weight excluding hydrogens is 460 g/mol. The first-order valence-corrected chi connectivity index (χ1v) is 12.5. The number of rotatable bonds is 6. The third kappa shape index (κ3) is 4.29. The molecule has 0 aliphatic heterocycles. The predicted octanol–water partition coefficient (Wildman–Crippen LogP) is 4.96. The summed E-state index contributed by atoms with van der Waals surface area (Å²) in [6.45, 7) is 4.90. The van der Waals surface area contributed by atoms with Crippen LogP contribution in [0.4, 0.5) is 0 Å². The Morgan fingerprint density at radius 1 is 0.919 bits per heavy atom. The van der Waals surface area contributed by atoms with E-state index in [1.54, 1.807) is 21.8 Å². The molecular formula is C30H27N6O+. The molecule has 0 aliphatic carbocycles. The van der Waals surface area contributed by atoms with Gasteiger partial charge < -0.3 is 0 Å². The molecule has 37 heavy (non-hydrogen) atoms. The first-order chi connectivity index (χ1) is 18.1. The summed E-state index contributed by atoms with van der Waals surface area (Å²) in [7, 11) is 0. The first kappa shape index (κ1) is 22.8. The molecule has 0 radical (unpaired) electrons. The van der Waals surface area contributed by atoms with Crippen LogP contribution in [-0.2, 0) is 13.0 Å². The highest BCUT2D eigenvalue weighted by Crippen LogP contribution is 2.24. The number of hydrogen-bond donors (Lipinski definition) is 0. The maximum Gasteiger partial charge on any atom is 0.322 e. The van der Waals surface area contributed by atoms with E-state index in [0.717, 1.165) is 23.0 Å². The number of H-pyrrole nitrogens is 1. The second kappa shape index (κ2) is 9.43. The maximum absolute atomic E-state index is 13.7. The molecule has 0 aliphatic rings. The van der Waals surface area contributed by atoms with Crippen molar-refractivity contribution in [1.82, 2.24) is 19.2 Å². The fraction of sp³-hybridized carbons (Fsp3) is 0.167. The highest BCUT2D eigenvalue weighted by Gasteiger charge is 2.24. The van der Waals surface area contributed by atoms with Crippen LogP contribution in [0.5, 0.6) is 0 Å². The Bertz CT molecular complexity index is 1820. The van der Waals surface area contributed by atoms with Crippen molar-refractivity contribution in [2.24, 2.45) is 5.10 Å². The van der Waals surface area contributed by atoms with Gasteiger partial charge in [-0.05, 0) is 34.7 Å². The van der Waals surface area contributed by atoms with Crippen molar-refractivity contribution in [3.05, 3.63) is 112 Å². The smallest absolute Gasteiger partial charge is 0.250 e. The highest BCUT2D eigenvalue weighted by molar-refractivity contribution is 6.03. The minimum atomic E-state index is -0.116. The Kier molecular flexibility index (Phi) is 5.81. The molecule has 3 heterocycles. The van der Waals surface area contributed by atoms with Crippen molar-refractivity contribution >= 4 is 39.4 Å². The topological polar surface area (TPSA) is 79.2 Å². The van der Waals surface area contributed by atoms with Gasteiger partial charge in [0, 0.05) is 6.42 Å². The lowest BCUT2D eigenvalue weighted by atomic mass is 10.0. The Morgan fingerprint density at radius 3 is 2.35 bits per heavy atom. The quantitative estimate of drug-likeness (QED) is 0.312. The van der Waals surface area contributed by atoms with Gasteiger partial charge in [-0.3, -0.25) is 0 Å². The van der Waals surface area contributed by atoms with Gasteiger partial charge in [0.2, 0.25) is 5.65 Å². The van der Waals surface area contributed by atoms with Crippen molar-refractivity contribution < 1.29 is 4.98 Å². The molecule has 3 aromatic carbocycles. The average Bonchev–Trinajstić information content (AvgIpc) is 3.24. The van der Waals surface area contributed by atoms with Crippen molar-refractivity contribution in [1.29, 1.82) is 0 Å². The number of benzene rings is 3. The highest BCUT2D eigenvalue weighted by atomic mass is 16.1. The maximum atomic E-state index is 13.7. The number of para-hydroxylation sites is 2. The van der Waals surface area contributed by atoms with E-state index in [1.165, 1.54) is 11.1 Å². The van der Waals surface area contributed by atoms with E-state index < -0.39 is 0 Å². The normalized spacial score (nSPS) is 12.0. The lowest BCUT2D eigenvalue weighted by molar-refractivity contribution is -0.357. The molecule has 0 bridgehead atoms. The summed E-state index contributed by atoms with van der Waals surface area (Å²) in [5, 5.41) is 5.23. The van der Waals surface area contributed by atoms with Gasteiger partial charge >= 0.3 is 5.56 Å². The van der Waals surface area contributed by atoms with Crippen LogP contribution in [0.15, 0.2) is 95.1 Å². The van der Waals surface area contributed by atoms with Crippen LogP contribution in [-0.4, -0.2) is 25.4 Å². The van der Waals surface area contributed by atoms with Gasteiger partial charge in [-0.15, -0.1) is 9.78 Å². The largest absolute Gasteiger partial charge is 0.322 e. The Balaban J connectivity index is 1.49. The van der Waals surface area contributed by atoms with Gasteiger partial charge in [-0.1, -0.05) is 80.6 Å². The second-order valence-electron chi connectivity index (χ2n) is 9.49. The van der Waals surface area contributed by atoms with Crippen LogP contribution >= 0.6 is 0 Å². The van der Waals surface area contributed by atoms with Crippen LogP contribution in [0, 0.1) is 0 Å². The SMILES string of the molecule is CC(C)c1ccc(C=Nn2c3nc4ccccc4nc3c3c(=O)n(CCc4ccccc4)c[nH+]c32)cc1. The molecule has 0 saturated carbocycles. The van der Waals surface area contributed by atoms with Gasteiger partial charge in [-0.25, -0.2) is 24.3 Å². The van der Waals surface area contributed by atoms with Crippen molar-refractivity contribution in [2.75, 3.05) is 0 Å². The van der Waals surface area contributed by atoms with Crippen molar-refractivity contribution in [3.8, 4) is 0 Å². The molecule has 1 N–H and O–H groups in total. The molecule has 0 atom stereocenters. The van der Waals surface area contributed by atoms with Crippen LogP contribution in [0.25, 0.3) is 33.2 Å². The molecule has 3 aromatic heterocycles. The Labute approximate surface area is 213 Å². The van der Waals surface area contributed by atoms with Gasteiger partial charge in [0.15, 0.2) is 11.7 Å². The van der Waals surface area contributed by atoms with E-state index in [2.05, 4.69) is 43.1 Å². The molecule has 6 aromatic rings.